The molecule has 0 unspecified atom stereocenters. The number of aryl methyl sites for hydroxylation is 2. The number of nitrogens with zero attached hydrogens (tertiary/aromatic N) is 3. The second-order valence-corrected chi connectivity index (χ2v) is 8.67. The summed E-state index contributed by atoms with van der Waals surface area (Å²) in [5.74, 6) is 0.295. The van der Waals surface area contributed by atoms with Crippen molar-refractivity contribution in [2.75, 3.05) is 5.75 Å². The van der Waals surface area contributed by atoms with E-state index in [1.54, 1.807) is 17.7 Å². The standard InChI is InChI=1S/C17H18N4O2S3/c1-12(22)18-9-14-4-5-16(26-14)15(23)10-25-17-20-19-11-21(17)7-6-13-3-2-8-24-13/h2-5,8,11H,6-7,9-10H2,1H3,(H,18,22). The number of hydrogen-bond donors (Lipinski definition) is 1. The summed E-state index contributed by atoms with van der Waals surface area (Å²) in [6.07, 6.45) is 2.63. The van der Waals surface area contributed by atoms with Crippen LogP contribution in [0.1, 0.15) is 26.3 Å². The monoisotopic (exact) mass is 406 g/mol. The molecule has 0 radical (unpaired) electrons. The van der Waals surface area contributed by atoms with Crippen molar-refractivity contribution in [2.45, 2.75) is 31.6 Å². The summed E-state index contributed by atoms with van der Waals surface area (Å²) in [6, 6.07) is 7.84. The van der Waals surface area contributed by atoms with Crippen molar-refractivity contribution in [1.82, 2.24) is 20.1 Å². The van der Waals surface area contributed by atoms with Crippen LogP contribution in [0.4, 0.5) is 0 Å². The highest BCUT2D eigenvalue weighted by Crippen LogP contribution is 2.22. The van der Waals surface area contributed by atoms with E-state index in [9.17, 15) is 9.59 Å². The zero-order valence-electron chi connectivity index (χ0n) is 14.2. The molecule has 3 rings (SSSR count). The van der Waals surface area contributed by atoms with E-state index in [1.807, 2.05) is 22.8 Å². The Labute approximate surface area is 163 Å². The lowest BCUT2D eigenvalue weighted by atomic mass is 10.3. The molecular formula is C17H18N4O2S3. The lowest BCUT2D eigenvalue weighted by Gasteiger charge is -2.04. The van der Waals surface area contributed by atoms with E-state index in [4.69, 9.17) is 0 Å². The summed E-state index contributed by atoms with van der Waals surface area (Å²) in [7, 11) is 0. The molecule has 6 nitrogen and oxygen atoms in total. The summed E-state index contributed by atoms with van der Waals surface area (Å²) in [6.45, 7) is 2.73. The second kappa shape index (κ2) is 9.11. The molecule has 1 N–H and O–H groups in total. The average Bonchev–Trinajstić information content (AvgIpc) is 3.37. The molecule has 0 fully saturated rings. The number of ketones is 1. The van der Waals surface area contributed by atoms with Crippen molar-refractivity contribution in [1.29, 1.82) is 0 Å². The molecule has 0 aliphatic carbocycles. The topological polar surface area (TPSA) is 76.9 Å². The molecule has 1 amide bonds. The fourth-order valence-electron chi connectivity index (χ4n) is 2.23. The highest BCUT2D eigenvalue weighted by atomic mass is 32.2. The first-order valence-electron chi connectivity index (χ1n) is 8.01. The van der Waals surface area contributed by atoms with Gasteiger partial charge in [-0.2, -0.15) is 0 Å². The Morgan fingerprint density at radius 2 is 2.15 bits per heavy atom. The third kappa shape index (κ3) is 5.26. The Kier molecular flexibility index (Phi) is 6.59. The summed E-state index contributed by atoms with van der Waals surface area (Å²) in [5, 5.41) is 13.6. The van der Waals surface area contributed by atoms with Crippen LogP contribution < -0.4 is 5.32 Å². The molecule has 3 aromatic rings. The summed E-state index contributed by atoms with van der Waals surface area (Å²) in [5.41, 5.74) is 0. The van der Waals surface area contributed by atoms with E-state index in [-0.39, 0.29) is 11.7 Å². The first-order valence-corrected chi connectivity index (χ1v) is 10.7. The third-order valence-corrected chi connectivity index (χ3v) is 6.58. The zero-order chi connectivity index (χ0) is 18.4. The number of thiophene rings is 2. The van der Waals surface area contributed by atoms with Gasteiger partial charge in [0.1, 0.15) is 6.33 Å². The van der Waals surface area contributed by atoms with Crippen LogP contribution in [0.5, 0.6) is 0 Å². The van der Waals surface area contributed by atoms with Gasteiger partial charge in [-0.15, -0.1) is 32.9 Å². The number of nitrogens with one attached hydrogen (secondary N) is 1. The van der Waals surface area contributed by atoms with Crippen molar-refractivity contribution in [2.24, 2.45) is 0 Å². The Morgan fingerprint density at radius 1 is 1.27 bits per heavy atom. The van der Waals surface area contributed by atoms with Crippen LogP contribution in [0.15, 0.2) is 41.1 Å². The first-order chi connectivity index (χ1) is 12.6. The molecule has 0 saturated carbocycles. The van der Waals surface area contributed by atoms with Gasteiger partial charge in [0, 0.05) is 23.2 Å². The molecule has 0 aromatic carbocycles. The van der Waals surface area contributed by atoms with E-state index in [1.165, 1.54) is 34.9 Å². The Balaban J connectivity index is 1.52. The van der Waals surface area contributed by atoms with Crippen LogP contribution in [0.25, 0.3) is 0 Å². The number of hydrogen-bond acceptors (Lipinski definition) is 7. The molecule has 0 atom stereocenters. The van der Waals surface area contributed by atoms with E-state index in [0.29, 0.717) is 17.2 Å². The maximum absolute atomic E-state index is 12.4. The Morgan fingerprint density at radius 3 is 2.92 bits per heavy atom. The predicted octanol–water partition coefficient (Wildman–Crippen LogP) is 3.25. The van der Waals surface area contributed by atoms with Crippen molar-refractivity contribution >= 4 is 46.1 Å². The number of amides is 1. The van der Waals surface area contributed by atoms with Crippen molar-refractivity contribution < 1.29 is 9.59 Å². The molecule has 0 spiro atoms. The molecule has 26 heavy (non-hydrogen) atoms. The van der Waals surface area contributed by atoms with Gasteiger partial charge in [0.25, 0.3) is 0 Å². The van der Waals surface area contributed by atoms with Gasteiger partial charge >= 0.3 is 0 Å². The van der Waals surface area contributed by atoms with Gasteiger partial charge in [-0.3, -0.25) is 9.59 Å². The summed E-state index contributed by atoms with van der Waals surface area (Å²) < 4.78 is 1.98. The average molecular weight is 407 g/mol. The number of thioether (sulfide) groups is 1. The largest absolute Gasteiger partial charge is 0.351 e. The molecular weight excluding hydrogens is 388 g/mol. The molecule has 0 saturated heterocycles. The molecule has 3 heterocycles. The lowest BCUT2D eigenvalue weighted by Crippen LogP contribution is -2.18. The highest BCUT2D eigenvalue weighted by Gasteiger charge is 2.13. The third-order valence-electron chi connectivity index (χ3n) is 3.54. The van der Waals surface area contributed by atoms with Gasteiger partial charge in [0.2, 0.25) is 5.91 Å². The number of aromatic nitrogens is 3. The van der Waals surface area contributed by atoms with Crippen molar-refractivity contribution in [3.05, 3.63) is 50.6 Å². The zero-order valence-corrected chi connectivity index (χ0v) is 16.6. The van der Waals surface area contributed by atoms with Gasteiger partial charge in [-0.1, -0.05) is 17.8 Å². The van der Waals surface area contributed by atoms with Crippen LogP contribution in [-0.2, 0) is 24.3 Å². The Hall–Kier alpha value is -1.97. The van der Waals surface area contributed by atoms with E-state index in [0.717, 1.165) is 23.0 Å². The SMILES string of the molecule is CC(=O)NCc1ccc(C(=O)CSc2nncn2CCc2cccs2)s1. The minimum absolute atomic E-state index is 0.0573. The fourth-order valence-corrected chi connectivity index (χ4v) is 4.73. The minimum atomic E-state index is -0.0799. The fraction of sp³-hybridized carbons (Fsp3) is 0.294. The van der Waals surface area contributed by atoms with Gasteiger partial charge in [-0.05, 0) is 30.0 Å². The van der Waals surface area contributed by atoms with Crippen LogP contribution in [0.3, 0.4) is 0 Å². The first kappa shape index (κ1) is 18.8. The molecule has 0 bridgehead atoms. The quantitative estimate of drug-likeness (QED) is 0.436. The lowest BCUT2D eigenvalue weighted by molar-refractivity contribution is -0.119. The molecule has 0 aliphatic heterocycles. The van der Waals surface area contributed by atoms with Gasteiger partial charge in [0.05, 0.1) is 17.2 Å². The predicted molar refractivity (Wildman–Crippen MR) is 105 cm³/mol. The van der Waals surface area contributed by atoms with Gasteiger partial charge < -0.3 is 9.88 Å². The Bertz CT molecular complexity index is 870. The van der Waals surface area contributed by atoms with E-state index >= 15 is 0 Å². The molecule has 3 aromatic heterocycles. The highest BCUT2D eigenvalue weighted by molar-refractivity contribution is 7.99. The number of Topliss-reactive ketones (excluding diaryl/α,β-unsaturated/α-hetero) is 1. The van der Waals surface area contributed by atoms with Crippen molar-refractivity contribution in [3.63, 3.8) is 0 Å². The van der Waals surface area contributed by atoms with Crippen LogP contribution in [0.2, 0.25) is 0 Å². The van der Waals surface area contributed by atoms with E-state index in [2.05, 4.69) is 27.0 Å². The van der Waals surface area contributed by atoms with Crippen LogP contribution >= 0.6 is 34.4 Å². The normalized spacial score (nSPS) is 10.8. The molecule has 136 valence electrons. The summed E-state index contributed by atoms with van der Waals surface area (Å²) in [4.78, 5) is 26.3. The molecule has 0 aliphatic rings. The van der Waals surface area contributed by atoms with Crippen LogP contribution in [0, 0.1) is 0 Å². The number of carbonyl (C=O) groups excluding carboxylic acids is 2. The molecule has 9 heteroatoms. The maximum atomic E-state index is 12.4. The van der Waals surface area contributed by atoms with Crippen molar-refractivity contribution in [3.8, 4) is 0 Å². The summed E-state index contributed by atoms with van der Waals surface area (Å²) >= 11 is 4.55. The maximum Gasteiger partial charge on any atom is 0.217 e. The second-order valence-electron chi connectivity index (χ2n) is 5.52. The number of carbonyl (C=O) groups is 2. The minimum Gasteiger partial charge on any atom is -0.351 e. The smallest absolute Gasteiger partial charge is 0.217 e. The van der Waals surface area contributed by atoms with Gasteiger partial charge in [-0.25, -0.2) is 0 Å². The number of rotatable bonds is 9. The van der Waals surface area contributed by atoms with Gasteiger partial charge in [0.15, 0.2) is 10.9 Å². The van der Waals surface area contributed by atoms with Crippen LogP contribution in [-0.4, -0.2) is 32.2 Å². The van der Waals surface area contributed by atoms with E-state index < -0.39 is 0 Å².